The van der Waals surface area contributed by atoms with Crippen LogP contribution in [0.1, 0.15) is 13.8 Å². The van der Waals surface area contributed by atoms with E-state index in [0.29, 0.717) is 11.1 Å². The normalized spacial score (nSPS) is 19.9. The second-order valence-electron chi connectivity index (χ2n) is 3.10. The summed E-state index contributed by atoms with van der Waals surface area (Å²) in [5, 5.41) is 0. The van der Waals surface area contributed by atoms with Gasteiger partial charge in [0.05, 0.1) is 0 Å². The summed E-state index contributed by atoms with van der Waals surface area (Å²) in [6.45, 7) is 3.45. The summed E-state index contributed by atoms with van der Waals surface area (Å²) in [7, 11) is 0. The molecule has 0 unspecified atom stereocenters. The first-order valence-corrected chi connectivity index (χ1v) is 4.94. The van der Waals surface area contributed by atoms with Gasteiger partial charge >= 0.3 is 0 Å². The predicted octanol–water partition coefficient (Wildman–Crippen LogP) is 3.45. The van der Waals surface area contributed by atoms with Gasteiger partial charge in [-0.05, 0) is 25.0 Å². The van der Waals surface area contributed by atoms with Gasteiger partial charge in [-0.3, -0.25) is 4.79 Å². The Morgan fingerprint density at radius 1 is 1.15 bits per heavy atom. The number of halogens is 3. The van der Waals surface area contributed by atoms with E-state index in [1.54, 1.807) is 26.0 Å². The van der Waals surface area contributed by atoms with Gasteiger partial charge in [0.2, 0.25) is 0 Å². The Balaban J connectivity index is 3.01. The third kappa shape index (κ3) is 2.49. The van der Waals surface area contributed by atoms with Crippen LogP contribution in [0.5, 0.6) is 0 Å². The minimum atomic E-state index is -1.37. The van der Waals surface area contributed by atoms with E-state index >= 15 is 0 Å². The zero-order valence-electron chi connectivity index (χ0n) is 7.27. The molecule has 0 aromatic carbocycles. The van der Waals surface area contributed by atoms with Gasteiger partial charge in [-0.15, -0.1) is 0 Å². The van der Waals surface area contributed by atoms with Crippen LogP contribution < -0.4 is 0 Å². The molecule has 1 rings (SSSR count). The molecule has 0 heterocycles. The quantitative estimate of drug-likeness (QED) is 0.592. The zero-order valence-corrected chi connectivity index (χ0v) is 9.54. The molecule has 4 heteroatoms. The van der Waals surface area contributed by atoms with E-state index in [4.69, 9.17) is 34.8 Å². The molecule has 0 radical (unpaired) electrons. The Labute approximate surface area is 92.3 Å². The van der Waals surface area contributed by atoms with Crippen LogP contribution in [-0.2, 0) is 4.79 Å². The monoisotopic (exact) mass is 238 g/mol. The van der Waals surface area contributed by atoms with E-state index in [1.807, 2.05) is 0 Å². The smallest absolute Gasteiger partial charge is 0.200 e. The van der Waals surface area contributed by atoms with Crippen molar-refractivity contribution in [3.63, 3.8) is 0 Å². The predicted molar refractivity (Wildman–Crippen MR) is 56.3 cm³/mol. The van der Waals surface area contributed by atoms with Crippen LogP contribution in [0.25, 0.3) is 0 Å². The molecule has 13 heavy (non-hydrogen) atoms. The minimum absolute atomic E-state index is 0.0190. The molecule has 72 valence electrons. The summed E-state index contributed by atoms with van der Waals surface area (Å²) in [4.78, 5) is 11.3. The molecular weight excluding hydrogens is 230 g/mol. The van der Waals surface area contributed by atoms with Crippen LogP contribution in [0.2, 0.25) is 0 Å². The highest BCUT2D eigenvalue weighted by molar-refractivity contribution is 6.68. The molecule has 0 aromatic rings. The molecule has 0 fully saturated rings. The van der Waals surface area contributed by atoms with E-state index in [2.05, 4.69) is 0 Å². The molecule has 0 saturated carbocycles. The molecule has 0 N–H and O–H groups in total. The Morgan fingerprint density at radius 2 is 1.54 bits per heavy atom. The van der Waals surface area contributed by atoms with E-state index < -0.39 is 3.79 Å². The van der Waals surface area contributed by atoms with Crippen LogP contribution in [0, 0.1) is 5.92 Å². The Kier molecular flexibility index (Phi) is 3.11. The lowest BCUT2D eigenvalue weighted by Crippen LogP contribution is -2.21. The molecule has 0 amide bonds. The number of hydrogen-bond acceptors (Lipinski definition) is 1. The van der Waals surface area contributed by atoms with Crippen molar-refractivity contribution in [3.05, 3.63) is 23.3 Å². The van der Waals surface area contributed by atoms with Crippen molar-refractivity contribution in [2.45, 2.75) is 17.6 Å². The number of carbonyl (C=O) groups excluding carboxylic acids is 1. The highest BCUT2D eigenvalue weighted by atomic mass is 35.6. The zero-order chi connectivity index (χ0) is 10.2. The molecule has 0 aliphatic heterocycles. The minimum Gasteiger partial charge on any atom is -0.289 e. The van der Waals surface area contributed by atoms with Gasteiger partial charge in [0.1, 0.15) is 0 Å². The van der Waals surface area contributed by atoms with Crippen LogP contribution in [0.4, 0.5) is 0 Å². The Morgan fingerprint density at radius 3 is 1.85 bits per heavy atom. The number of allylic oxidation sites excluding steroid dienone is 4. The standard InChI is InChI=1S/C9H9Cl3O/c1-5-3-7(9(10,11)12)4-6(2)8(5)13/h3-4,7H,1-2H3. The van der Waals surface area contributed by atoms with E-state index in [0.717, 1.165) is 0 Å². The van der Waals surface area contributed by atoms with Crippen LogP contribution in [-0.4, -0.2) is 9.58 Å². The lowest BCUT2D eigenvalue weighted by atomic mass is 9.93. The number of rotatable bonds is 0. The molecule has 1 nitrogen and oxygen atoms in total. The van der Waals surface area contributed by atoms with Crippen LogP contribution in [0.3, 0.4) is 0 Å². The maximum atomic E-state index is 11.3. The van der Waals surface area contributed by atoms with E-state index in [-0.39, 0.29) is 11.7 Å². The maximum absolute atomic E-state index is 11.3. The lowest BCUT2D eigenvalue weighted by Gasteiger charge is -2.22. The Bertz CT molecular complexity index is 274. The average molecular weight is 240 g/mol. The van der Waals surface area contributed by atoms with Crippen molar-refractivity contribution in [1.29, 1.82) is 0 Å². The summed E-state index contributed by atoms with van der Waals surface area (Å²) in [5.74, 6) is -0.291. The summed E-state index contributed by atoms with van der Waals surface area (Å²) >= 11 is 17.2. The van der Waals surface area contributed by atoms with Gasteiger partial charge in [0.15, 0.2) is 9.58 Å². The average Bonchev–Trinajstić information content (AvgIpc) is 1.97. The van der Waals surface area contributed by atoms with Crippen LogP contribution >= 0.6 is 34.8 Å². The molecule has 0 saturated heterocycles. The highest BCUT2D eigenvalue weighted by Crippen LogP contribution is 2.39. The van der Waals surface area contributed by atoms with Gasteiger partial charge in [-0.25, -0.2) is 0 Å². The molecular formula is C9H9Cl3O. The fourth-order valence-electron chi connectivity index (χ4n) is 1.24. The van der Waals surface area contributed by atoms with Gasteiger partial charge in [-0.1, -0.05) is 47.0 Å². The largest absolute Gasteiger partial charge is 0.289 e. The maximum Gasteiger partial charge on any atom is 0.200 e. The number of hydrogen-bond donors (Lipinski definition) is 0. The number of ketones is 1. The summed E-state index contributed by atoms with van der Waals surface area (Å²) < 4.78 is -1.37. The molecule has 0 aromatic heterocycles. The molecule has 0 bridgehead atoms. The third-order valence-electron chi connectivity index (χ3n) is 1.95. The first kappa shape index (κ1) is 11.1. The van der Waals surface area contributed by atoms with Crippen molar-refractivity contribution in [1.82, 2.24) is 0 Å². The van der Waals surface area contributed by atoms with Crippen molar-refractivity contribution >= 4 is 40.6 Å². The summed E-state index contributed by atoms with van der Waals surface area (Å²) in [6, 6.07) is 0. The lowest BCUT2D eigenvalue weighted by molar-refractivity contribution is -0.112. The number of alkyl halides is 3. The van der Waals surface area contributed by atoms with Gasteiger partial charge in [-0.2, -0.15) is 0 Å². The molecule has 0 spiro atoms. The Hall–Kier alpha value is 0.0200. The number of carbonyl (C=O) groups is 1. The SMILES string of the molecule is CC1=CC(C(Cl)(Cl)Cl)C=C(C)C1=O. The van der Waals surface area contributed by atoms with Gasteiger partial charge in [0.25, 0.3) is 0 Å². The van der Waals surface area contributed by atoms with Crippen molar-refractivity contribution in [2.24, 2.45) is 5.92 Å². The molecule has 0 atom stereocenters. The summed E-state index contributed by atoms with van der Waals surface area (Å²) in [5.41, 5.74) is 1.27. The third-order valence-corrected chi connectivity index (χ3v) is 2.71. The number of Topliss-reactive ketones (excluding diaryl/α,β-unsaturated/α-hetero) is 1. The molecule has 1 aliphatic rings. The second-order valence-corrected chi connectivity index (χ2v) is 5.46. The fourth-order valence-corrected chi connectivity index (χ4v) is 1.62. The van der Waals surface area contributed by atoms with Crippen LogP contribution in [0.15, 0.2) is 23.3 Å². The van der Waals surface area contributed by atoms with Gasteiger partial charge in [0, 0.05) is 5.92 Å². The fraction of sp³-hybridized carbons (Fsp3) is 0.444. The topological polar surface area (TPSA) is 17.1 Å². The second kappa shape index (κ2) is 3.64. The first-order chi connectivity index (χ1) is 5.82. The van der Waals surface area contributed by atoms with Crippen molar-refractivity contribution < 1.29 is 4.79 Å². The van der Waals surface area contributed by atoms with Gasteiger partial charge < -0.3 is 0 Å². The van der Waals surface area contributed by atoms with E-state index in [9.17, 15) is 4.79 Å². The first-order valence-electron chi connectivity index (χ1n) is 3.80. The van der Waals surface area contributed by atoms with Crippen molar-refractivity contribution in [3.8, 4) is 0 Å². The van der Waals surface area contributed by atoms with E-state index in [1.165, 1.54) is 0 Å². The highest BCUT2D eigenvalue weighted by Gasteiger charge is 2.32. The summed E-state index contributed by atoms with van der Waals surface area (Å²) in [6.07, 6.45) is 3.37. The van der Waals surface area contributed by atoms with Crippen molar-refractivity contribution in [2.75, 3.05) is 0 Å². The molecule has 1 aliphatic carbocycles.